The average Bonchev–Trinajstić information content (AvgIpc) is 3.59. The van der Waals surface area contributed by atoms with Crippen molar-refractivity contribution < 1.29 is 14.3 Å². The summed E-state index contributed by atoms with van der Waals surface area (Å²) in [6.45, 7) is 8.96. The second-order valence-electron chi connectivity index (χ2n) is 14.1. The van der Waals surface area contributed by atoms with Crippen LogP contribution in [0, 0.1) is 17.8 Å². The van der Waals surface area contributed by atoms with Crippen molar-refractivity contribution in [2.75, 3.05) is 17.2 Å². The Morgan fingerprint density at radius 1 is 1.04 bits per heavy atom. The lowest BCUT2D eigenvalue weighted by Gasteiger charge is -2.30. The molecular formula is C37H43N7O3. The van der Waals surface area contributed by atoms with Crippen molar-refractivity contribution in [3.05, 3.63) is 72.4 Å². The van der Waals surface area contributed by atoms with Crippen LogP contribution in [0.1, 0.15) is 88.3 Å². The van der Waals surface area contributed by atoms with E-state index in [2.05, 4.69) is 50.3 Å². The fourth-order valence-corrected chi connectivity index (χ4v) is 6.57. The van der Waals surface area contributed by atoms with E-state index in [0.717, 1.165) is 53.5 Å². The van der Waals surface area contributed by atoms with E-state index in [0.29, 0.717) is 40.5 Å². The first-order valence-corrected chi connectivity index (χ1v) is 16.8. The van der Waals surface area contributed by atoms with Crippen molar-refractivity contribution in [1.82, 2.24) is 24.7 Å². The number of aromatic nitrogens is 5. The Kier molecular flexibility index (Phi) is 8.30. The molecule has 0 radical (unpaired) electrons. The molecule has 244 valence electrons. The summed E-state index contributed by atoms with van der Waals surface area (Å²) in [6.07, 6.45) is 12.5. The monoisotopic (exact) mass is 633 g/mol. The Labute approximate surface area is 275 Å². The zero-order chi connectivity index (χ0) is 32.7. The molecule has 3 N–H and O–H groups in total. The summed E-state index contributed by atoms with van der Waals surface area (Å²) in [6, 6.07) is 13.2. The lowest BCUT2D eigenvalue weighted by Crippen LogP contribution is -2.21. The van der Waals surface area contributed by atoms with Crippen molar-refractivity contribution in [2.45, 2.75) is 77.9 Å². The molecule has 5 aromatic rings. The van der Waals surface area contributed by atoms with E-state index in [-0.39, 0.29) is 11.6 Å². The number of oxazole rings is 1. The fraction of sp³-hybridized carbons (Fsp3) is 0.432. The number of carbonyl (C=O) groups is 1. The summed E-state index contributed by atoms with van der Waals surface area (Å²) in [5, 5.41) is 23.3. The predicted octanol–water partition coefficient (Wildman–Crippen LogP) is 7.84. The largest absolute Gasteiger partial charge is 0.444 e. The highest BCUT2D eigenvalue weighted by molar-refractivity contribution is 6.04. The van der Waals surface area contributed by atoms with E-state index < -0.39 is 5.60 Å². The Morgan fingerprint density at radius 3 is 2.60 bits per heavy atom. The molecule has 47 heavy (non-hydrogen) atoms. The number of amides is 1. The van der Waals surface area contributed by atoms with Crippen LogP contribution >= 0.6 is 0 Å². The van der Waals surface area contributed by atoms with Crippen molar-refractivity contribution in [3.63, 3.8) is 0 Å². The van der Waals surface area contributed by atoms with Crippen LogP contribution in [-0.2, 0) is 5.60 Å². The summed E-state index contributed by atoms with van der Waals surface area (Å²) < 4.78 is 7.89. The molecule has 0 unspecified atom stereocenters. The van der Waals surface area contributed by atoms with Gasteiger partial charge >= 0.3 is 0 Å². The first-order valence-electron chi connectivity index (χ1n) is 16.8. The van der Waals surface area contributed by atoms with E-state index in [4.69, 9.17) is 9.52 Å². The van der Waals surface area contributed by atoms with Crippen LogP contribution in [0.3, 0.4) is 0 Å². The van der Waals surface area contributed by atoms with Gasteiger partial charge in [0.2, 0.25) is 5.89 Å². The minimum absolute atomic E-state index is 0.224. The van der Waals surface area contributed by atoms with Crippen molar-refractivity contribution in [2.24, 2.45) is 17.8 Å². The summed E-state index contributed by atoms with van der Waals surface area (Å²) in [5.74, 6) is 3.06. The molecule has 0 aliphatic heterocycles. The number of pyridine rings is 2. The SMILES string of the molecule is CC(C)[C@H]1CC[C@H](n2cc3cc(NC(=O)c4cccc(-c5coc(-c6ccnc(NCC7CC7)c6)n5)n4)c(C(C)(C)O)cc3n2)CC1. The molecule has 10 nitrogen and oxygen atoms in total. The van der Waals surface area contributed by atoms with E-state index in [9.17, 15) is 9.90 Å². The molecule has 2 aliphatic rings. The maximum Gasteiger partial charge on any atom is 0.274 e. The second-order valence-corrected chi connectivity index (χ2v) is 14.1. The van der Waals surface area contributed by atoms with Gasteiger partial charge in [-0.25, -0.2) is 15.0 Å². The molecule has 2 fully saturated rings. The van der Waals surface area contributed by atoms with Gasteiger partial charge in [-0.2, -0.15) is 5.10 Å². The van der Waals surface area contributed by atoms with Crippen LogP contribution in [0.4, 0.5) is 11.5 Å². The minimum Gasteiger partial charge on any atom is -0.444 e. The molecule has 1 amide bonds. The number of anilines is 2. The third-order valence-electron chi connectivity index (χ3n) is 9.65. The van der Waals surface area contributed by atoms with Crippen molar-refractivity contribution in [3.8, 4) is 22.8 Å². The summed E-state index contributed by atoms with van der Waals surface area (Å²) in [5.41, 5.74) is 2.77. The lowest BCUT2D eigenvalue weighted by molar-refractivity contribution is 0.0793. The predicted molar refractivity (Wildman–Crippen MR) is 183 cm³/mol. The number of benzene rings is 1. The molecule has 0 saturated heterocycles. The molecular weight excluding hydrogens is 590 g/mol. The highest BCUT2D eigenvalue weighted by Gasteiger charge is 2.27. The molecule has 2 aliphatic carbocycles. The summed E-state index contributed by atoms with van der Waals surface area (Å²) in [4.78, 5) is 27.3. The van der Waals surface area contributed by atoms with Crippen molar-refractivity contribution >= 4 is 28.3 Å². The zero-order valence-corrected chi connectivity index (χ0v) is 27.5. The molecule has 1 aromatic carbocycles. The Hall–Kier alpha value is -4.57. The maximum atomic E-state index is 13.6. The van der Waals surface area contributed by atoms with Gasteiger partial charge in [-0.3, -0.25) is 9.48 Å². The van der Waals surface area contributed by atoms with Gasteiger partial charge in [0.1, 0.15) is 23.5 Å². The normalized spacial score (nSPS) is 18.5. The number of rotatable bonds is 10. The zero-order valence-electron chi connectivity index (χ0n) is 27.5. The average molecular weight is 634 g/mol. The van der Waals surface area contributed by atoms with E-state index >= 15 is 0 Å². The fourth-order valence-electron chi connectivity index (χ4n) is 6.57. The second kappa shape index (κ2) is 12.6. The smallest absolute Gasteiger partial charge is 0.274 e. The van der Waals surface area contributed by atoms with E-state index in [1.165, 1.54) is 25.7 Å². The molecule has 0 spiro atoms. The number of nitrogens with zero attached hydrogens (tertiary/aromatic N) is 5. The van der Waals surface area contributed by atoms with Gasteiger partial charge in [-0.15, -0.1) is 0 Å². The maximum absolute atomic E-state index is 13.6. The Morgan fingerprint density at radius 2 is 1.85 bits per heavy atom. The third kappa shape index (κ3) is 6.93. The van der Waals surface area contributed by atoms with Crippen LogP contribution in [0.5, 0.6) is 0 Å². The van der Waals surface area contributed by atoms with Gasteiger partial charge < -0.3 is 20.2 Å². The number of carbonyl (C=O) groups excluding carboxylic acids is 1. The quantitative estimate of drug-likeness (QED) is 0.142. The molecule has 4 heterocycles. The van der Waals surface area contributed by atoms with Crippen molar-refractivity contribution in [1.29, 1.82) is 0 Å². The highest BCUT2D eigenvalue weighted by atomic mass is 16.3. The van der Waals surface area contributed by atoms with Gasteiger partial charge in [0.05, 0.1) is 22.9 Å². The number of aliphatic hydroxyl groups is 1. The topological polar surface area (TPSA) is 131 Å². The van der Waals surface area contributed by atoms with Gasteiger partial charge in [-0.05, 0) is 107 Å². The first-order chi connectivity index (χ1) is 22.6. The lowest BCUT2D eigenvalue weighted by atomic mass is 9.80. The van der Waals surface area contributed by atoms with E-state index in [1.54, 1.807) is 44.5 Å². The minimum atomic E-state index is -1.21. The first kappa shape index (κ1) is 31.1. The molecule has 2 saturated carbocycles. The number of hydrogen-bond donors (Lipinski definition) is 3. The van der Waals surface area contributed by atoms with Crippen LogP contribution < -0.4 is 10.6 Å². The number of fused-ring (bicyclic) bond motifs is 1. The number of nitrogens with one attached hydrogen (secondary N) is 2. The Bertz CT molecular complexity index is 1890. The summed E-state index contributed by atoms with van der Waals surface area (Å²) >= 11 is 0. The summed E-state index contributed by atoms with van der Waals surface area (Å²) in [7, 11) is 0. The van der Waals surface area contributed by atoms with Crippen LogP contribution in [0.15, 0.2) is 65.5 Å². The van der Waals surface area contributed by atoms with Gasteiger partial charge in [-0.1, -0.05) is 19.9 Å². The molecule has 10 heteroatoms. The standard InChI is InChI=1S/C37H43N7O3/c1-22(2)24-10-12-27(13-11-24)44-20-26-16-32(28(37(3,4)46)18-31(26)43-44)41-35(45)30-7-5-6-29(40-30)33-21-47-36(42-33)25-14-15-38-34(17-25)39-19-23-8-9-23/h5-7,14-18,20-24,27,46H,8-13,19H2,1-4H3,(H,38,39)(H,41,45)/t24-,27-. The Balaban J connectivity index is 1.10. The molecule has 0 atom stereocenters. The van der Waals surface area contributed by atoms with Crippen LogP contribution in [0.25, 0.3) is 33.7 Å². The molecule has 0 bridgehead atoms. The number of hydrogen-bond acceptors (Lipinski definition) is 8. The third-order valence-corrected chi connectivity index (χ3v) is 9.65. The molecule has 4 aromatic heterocycles. The highest BCUT2D eigenvalue weighted by Crippen LogP contribution is 2.38. The van der Waals surface area contributed by atoms with E-state index in [1.807, 2.05) is 24.3 Å². The van der Waals surface area contributed by atoms with Crippen LogP contribution in [-0.4, -0.2) is 42.3 Å². The van der Waals surface area contributed by atoms with Gasteiger partial charge in [0, 0.05) is 41.1 Å². The molecule has 7 rings (SSSR count). The van der Waals surface area contributed by atoms with Gasteiger partial charge in [0.15, 0.2) is 0 Å². The van der Waals surface area contributed by atoms with Crippen LogP contribution in [0.2, 0.25) is 0 Å². The van der Waals surface area contributed by atoms with Gasteiger partial charge in [0.25, 0.3) is 5.91 Å².